The summed E-state index contributed by atoms with van der Waals surface area (Å²) < 4.78 is 6.22. The zero-order valence-corrected chi connectivity index (χ0v) is 13.1. The van der Waals surface area contributed by atoms with E-state index in [2.05, 4.69) is 26.2 Å². The lowest BCUT2D eigenvalue weighted by Crippen LogP contribution is -2.39. The van der Waals surface area contributed by atoms with Crippen LogP contribution in [0.15, 0.2) is 42.7 Å². The highest BCUT2D eigenvalue weighted by molar-refractivity contribution is 5.85. The lowest BCUT2D eigenvalue weighted by atomic mass is 10.1. The topological polar surface area (TPSA) is 77.8 Å². The Balaban J connectivity index is 1.45. The van der Waals surface area contributed by atoms with Gasteiger partial charge in [0.2, 0.25) is 0 Å². The van der Waals surface area contributed by atoms with Gasteiger partial charge in [-0.3, -0.25) is 0 Å². The minimum Gasteiger partial charge on any atom is -0.490 e. The molecule has 2 aromatic heterocycles. The minimum absolute atomic E-state index is 0.170. The first-order chi connectivity index (χ1) is 11.8. The number of hydrogen-bond donors (Lipinski definition) is 1. The molecule has 0 amide bonds. The van der Waals surface area contributed by atoms with Crippen LogP contribution < -0.4 is 9.64 Å². The van der Waals surface area contributed by atoms with Crippen molar-refractivity contribution in [1.82, 2.24) is 15.2 Å². The van der Waals surface area contributed by atoms with E-state index in [9.17, 15) is 5.26 Å². The number of aromatic nitrogens is 3. The number of nitrogens with one attached hydrogen (secondary N) is 1. The van der Waals surface area contributed by atoms with Gasteiger partial charge in [-0.2, -0.15) is 10.4 Å². The van der Waals surface area contributed by atoms with E-state index in [-0.39, 0.29) is 6.10 Å². The predicted molar refractivity (Wildman–Crippen MR) is 90.9 cm³/mol. The highest BCUT2D eigenvalue weighted by Crippen LogP contribution is 2.28. The van der Waals surface area contributed by atoms with Crippen molar-refractivity contribution in [3.05, 3.63) is 48.3 Å². The Hall–Kier alpha value is -3.07. The van der Waals surface area contributed by atoms with Crippen LogP contribution in [0.25, 0.3) is 10.9 Å². The fourth-order valence-corrected chi connectivity index (χ4v) is 3.17. The molecule has 0 unspecified atom stereocenters. The molecule has 0 spiro atoms. The third-order valence-electron chi connectivity index (χ3n) is 4.41. The molecular weight excluding hydrogens is 302 g/mol. The molecule has 3 heterocycles. The fourth-order valence-electron chi connectivity index (χ4n) is 3.17. The van der Waals surface area contributed by atoms with Crippen LogP contribution in [-0.2, 0) is 0 Å². The van der Waals surface area contributed by atoms with Gasteiger partial charge in [0.1, 0.15) is 17.9 Å². The van der Waals surface area contributed by atoms with Gasteiger partial charge >= 0.3 is 0 Å². The van der Waals surface area contributed by atoms with Gasteiger partial charge in [0.05, 0.1) is 11.8 Å². The average Bonchev–Trinajstić information content (AvgIpc) is 3.12. The summed E-state index contributed by atoms with van der Waals surface area (Å²) in [5.74, 6) is 1.59. The summed E-state index contributed by atoms with van der Waals surface area (Å²) in [4.78, 5) is 5.32. The molecule has 6 nitrogen and oxygen atoms in total. The number of benzene rings is 1. The molecule has 1 aliphatic rings. The van der Waals surface area contributed by atoms with Crippen molar-refractivity contribution < 1.29 is 4.74 Å². The van der Waals surface area contributed by atoms with E-state index in [4.69, 9.17) is 4.74 Å². The van der Waals surface area contributed by atoms with Crippen molar-refractivity contribution in [3.63, 3.8) is 0 Å². The number of rotatable bonds is 3. The molecule has 0 aliphatic carbocycles. The molecule has 0 bridgehead atoms. The Labute approximate surface area is 139 Å². The molecule has 6 heteroatoms. The van der Waals surface area contributed by atoms with E-state index < -0.39 is 0 Å². The van der Waals surface area contributed by atoms with E-state index in [1.165, 1.54) is 0 Å². The van der Waals surface area contributed by atoms with Gasteiger partial charge in [0.15, 0.2) is 5.82 Å². The van der Waals surface area contributed by atoms with E-state index in [0.29, 0.717) is 11.4 Å². The van der Waals surface area contributed by atoms with Gasteiger partial charge in [-0.25, -0.2) is 0 Å². The summed E-state index contributed by atoms with van der Waals surface area (Å²) in [5, 5.41) is 18.3. The van der Waals surface area contributed by atoms with Crippen molar-refractivity contribution in [2.75, 3.05) is 18.0 Å². The molecule has 4 rings (SSSR count). The SMILES string of the molecule is N#Cc1ccnnc1N1CCC(Oc2cccc3[nH]ccc23)CC1. The first kappa shape index (κ1) is 14.5. The monoisotopic (exact) mass is 319 g/mol. The second kappa shape index (κ2) is 6.20. The van der Waals surface area contributed by atoms with Gasteiger partial charge in [0, 0.05) is 43.0 Å². The number of piperidine rings is 1. The van der Waals surface area contributed by atoms with Gasteiger partial charge in [-0.15, -0.1) is 5.10 Å². The number of anilines is 1. The van der Waals surface area contributed by atoms with Crippen LogP contribution in [0.3, 0.4) is 0 Å². The van der Waals surface area contributed by atoms with E-state index in [1.807, 2.05) is 30.5 Å². The van der Waals surface area contributed by atoms with E-state index in [0.717, 1.165) is 42.6 Å². The molecule has 1 N–H and O–H groups in total. The Morgan fingerprint density at radius 1 is 1.21 bits per heavy atom. The lowest BCUT2D eigenvalue weighted by Gasteiger charge is -2.33. The number of H-pyrrole nitrogens is 1. The fraction of sp³-hybridized carbons (Fsp3) is 0.278. The molecule has 0 saturated carbocycles. The predicted octanol–water partition coefficient (Wildman–Crippen LogP) is 2.88. The smallest absolute Gasteiger partial charge is 0.169 e. The zero-order valence-electron chi connectivity index (χ0n) is 13.1. The van der Waals surface area contributed by atoms with Crippen LogP contribution >= 0.6 is 0 Å². The standard InChI is InChI=1S/C18H17N5O/c19-12-13-4-9-21-22-18(13)23-10-6-14(7-11-23)24-17-3-1-2-16-15(17)5-8-20-16/h1-5,8-9,14,20H,6-7,10-11H2. The van der Waals surface area contributed by atoms with E-state index in [1.54, 1.807) is 12.3 Å². The third-order valence-corrected chi connectivity index (χ3v) is 4.41. The largest absolute Gasteiger partial charge is 0.490 e. The second-order valence-corrected chi connectivity index (χ2v) is 5.88. The summed E-state index contributed by atoms with van der Waals surface area (Å²) in [6.07, 6.45) is 5.43. The molecule has 1 saturated heterocycles. The van der Waals surface area contributed by atoms with Gasteiger partial charge < -0.3 is 14.6 Å². The van der Waals surface area contributed by atoms with Gasteiger partial charge in [-0.1, -0.05) is 6.07 Å². The molecular formula is C18H17N5O. The van der Waals surface area contributed by atoms with Crippen molar-refractivity contribution in [2.45, 2.75) is 18.9 Å². The van der Waals surface area contributed by atoms with Crippen molar-refractivity contribution in [1.29, 1.82) is 5.26 Å². The highest BCUT2D eigenvalue weighted by atomic mass is 16.5. The summed E-state index contributed by atoms with van der Waals surface area (Å²) in [7, 11) is 0. The minimum atomic E-state index is 0.170. The number of aromatic amines is 1. The zero-order chi connectivity index (χ0) is 16.4. The van der Waals surface area contributed by atoms with Crippen LogP contribution in [0, 0.1) is 11.3 Å². The molecule has 1 aromatic carbocycles. The first-order valence-corrected chi connectivity index (χ1v) is 8.04. The van der Waals surface area contributed by atoms with Crippen LogP contribution in [0.4, 0.5) is 5.82 Å². The highest BCUT2D eigenvalue weighted by Gasteiger charge is 2.23. The van der Waals surface area contributed by atoms with Crippen molar-refractivity contribution in [2.24, 2.45) is 0 Å². The number of nitrogens with zero attached hydrogens (tertiary/aromatic N) is 4. The Morgan fingerprint density at radius 2 is 2.08 bits per heavy atom. The van der Waals surface area contributed by atoms with Crippen molar-refractivity contribution in [3.8, 4) is 11.8 Å². The van der Waals surface area contributed by atoms with Crippen LogP contribution in [-0.4, -0.2) is 34.4 Å². The first-order valence-electron chi connectivity index (χ1n) is 8.04. The van der Waals surface area contributed by atoms with Crippen LogP contribution in [0.1, 0.15) is 18.4 Å². The Kier molecular flexibility index (Phi) is 3.75. The summed E-state index contributed by atoms with van der Waals surface area (Å²) in [5.41, 5.74) is 1.66. The second-order valence-electron chi connectivity index (χ2n) is 5.88. The van der Waals surface area contributed by atoms with Gasteiger partial charge in [-0.05, 0) is 24.3 Å². The van der Waals surface area contributed by atoms with Gasteiger partial charge in [0.25, 0.3) is 0 Å². The number of hydrogen-bond acceptors (Lipinski definition) is 5. The average molecular weight is 319 g/mol. The lowest BCUT2D eigenvalue weighted by molar-refractivity contribution is 0.173. The molecule has 1 fully saturated rings. The molecule has 0 radical (unpaired) electrons. The number of nitriles is 1. The van der Waals surface area contributed by atoms with Crippen LogP contribution in [0.5, 0.6) is 5.75 Å². The maximum absolute atomic E-state index is 9.20. The summed E-state index contributed by atoms with van der Waals surface area (Å²) in [6, 6.07) is 12.0. The maximum Gasteiger partial charge on any atom is 0.169 e. The molecule has 0 atom stereocenters. The molecule has 24 heavy (non-hydrogen) atoms. The molecule has 3 aromatic rings. The molecule has 120 valence electrons. The number of fused-ring (bicyclic) bond motifs is 1. The van der Waals surface area contributed by atoms with Crippen molar-refractivity contribution >= 4 is 16.7 Å². The molecule has 1 aliphatic heterocycles. The summed E-state index contributed by atoms with van der Waals surface area (Å²) in [6.45, 7) is 1.61. The Morgan fingerprint density at radius 3 is 2.92 bits per heavy atom. The van der Waals surface area contributed by atoms with E-state index >= 15 is 0 Å². The van der Waals surface area contributed by atoms with Crippen LogP contribution in [0.2, 0.25) is 0 Å². The quantitative estimate of drug-likeness (QED) is 0.803. The maximum atomic E-state index is 9.20. The third kappa shape index (κ3) is 2.65. The normalized spacial score (nSPS) is 15.4. The Bertz CT molecular complexity index is 890. The summed E-state index contributed by atoms with van der Waals surface area (Å²) >= 11 is 0. The number of ether oxygens (including phenoxy) is 1.